The smallest absolute Gasteiger partial charge is 0.271 e. The van der Waals surface area contributed by atoms with Crippen LogP contribution in [0.1, 0.15) is 52.6 Å². The van der Waals surface area contributed by atoms with Gasteiger partial charge in [-0.2, -0.15) is 5.10 Å². The molecule has 220 valence electrons. The molecule has 0 aliphatic carbocycles. The molecule has 1 aliphatic heterocycles. The lowest BCUT2D eigenvalue weighted by Gasteiger charge is -2.29. The van der Waals surface area contributed by atoms with Gasteiger partial charge >= 0.3 is 0 Å². The Balaban J connectivity index is 0.00000253. The number of benzene rings is 4. The van der Waals surface area contributed by atoms with Gasteiger partial charge in [-0.05, 0) is 96.5 Å². The SMILES string of the molecule is C.Cc1cc2c(cc1C)CN(CCOc1c(C)cc(/C=N/NC(=O)c3ccc(O)c(Cl)c3)cc1-c1ccccc1)CC2.[HH]. The first-order chi connectivity index (χ1) is 19.8. The molecule has 7 heteroatoms. The molecule has 6 nitrogen and oxygen atoms in total. The topological polar surface area (TPSA) is 74.2 Å². The number of phenols is 1. The number of aryl methyl sites for hydroxylation is 3. The lowest BCUT2D eigenvalue weighted by molar-refractivity contribution is 0.0955. The number of ether oxygens (including phenoxy) is 1. The molecule has 0 radical (unpaired) electrons. The van der Waals surface area contributed by atoms with Crippen LogP contribution in [0.15, 0.2) is 77.9 Å². The Hall–Kier alpha value is -4.13. The van der Waals surface area contributed by atoms with Gasteiger partial charge in [-0.25, -0.2) is 5.43 Å². The summed E-state index contributed by atoms with van der Waals surface area (Å²) < 4.78 is 6.44. The Morgan fingerprint density at radius 2 is 1.76 bits per heavy atom. The Labute approximate surface area is 255 Å². The summed E-state index contributed by atoms with van der Waals surface area (Å²) in [6.07, 6.45) is 2.67. The maximum absolute atomic E-state index is 12.5. The molecule has 0 saturated carbocycles. The van der Waals surface area contributed by atoms with Crippen LogP contribution in [0.4, 0.5) is 0 Å². The van der Waals surface area contributed by atoms with Crippen LogP contribution in [0.3, 0.4) is 0 Å². The minimum Gasteiger partial charge on any atom is -0.506 e. The van der Waals surface area contributed by atoms with Gasteiger partial charge < -0.3 is 9.84 Å². The fourth-order valence-corrected chi connectivity index (χ4v) is 5.34. The molecule has 4 aromatic rings. The molecule has 0 atom stereocenters. The van der Waals surface area contributed by atoms with Crippen molar-refractivity contribution in [3.05, 3.63) is 117 Å². The third kappa shape index (κ3) is 7.19. The molecule has 0 unspecified atom stereocenters. The van der Waals surface area contributed by atoms with Crippen molar-refractivity contribution < 1.29 is 16.1 Å². The maximum atomic E-state index is 12.5. The van der Waals surface area contributed by atoms with Crippen molar-refractivity contribution in [1.82, 2.24) is 10.3 Å². The number of rotatable bonds is 8. The first-order valence-corrected chi connectivity index (χ1v) is 14.1. The van der Waals surface area contributed by atoms with Crippen molar-refractivity contribution in [1.29, 1.82) is 0 Å². The minimum atomic E-state index is -0.422. The number of nitrogens with one attached hydrogen (secondary N) is 1. The van der Waals surface area contributed by atoms with E-state index in [2.05, 4.69) is 53.5 Å². The van der Waals surface area contributed by atoms with Gasteiger partial charge in [0.05, 0.1) is 11.2 Å². The zero-order valence-electron chi connectivity index (χ0n) is 23.6. The quantitative estimate of drug-likeness (QED) is 0.164. The molecule has 0 aromatic heterocycles. The Bertz CT molecular complexity index is 1610. The number of carbonyl (C=O) groups excluding carboxylic acids is 1. The normalized spacial score (nSPS) is 13.0. The van der Waals surface area contributed by atoms with E-state index in [-0.39, 0.29) is 19.6 Å². The number of fused-ring (bicyclic) bond motifs is 1. The van der Waals surface area contributed by atoms with Crippen LogP contribution in [0.25, 0.3) is 11.1 Å². The molecule has 5 rings (SSSR count). The highest BCUT2D eigenvalue weighted by Gasteiger charge is 2.18. The zero-order valence-corrected chi connectivity index (χ0v) is 24.3. The zero-order chi connectivity index (χ0) is 28.9. The number of phenolic OH excluding ortho intramolecular Hbond substituents is 1. The van der Waals surface area contributed by atoms with Gasteiger partial charge in [0, 0.05) is 32.2 Å². The molecule has 1 aliphatic rings. The lowest BCUT2D eigenvalue weighted by atomic mass is 9.94. The average Bonchev–Trinajstić information content (AvgIpc) is 2.96. The maximum Gasteiger partial charge on any atom is 0.271 e. The first-order valence-electron chi connectivity index (χ1n) is 13.7. The van der Waals surface area contributed by atoms with Crippen molar-refractivity contribution in [2.24, 2.45) is 5.10 Å². The largest absolute Gasteiger partial charge is 0.506 e. The molecule has 0 spiro atoms. The highest BCUT2D eigenvalue weighted by molar-refractivity contribution is 6.32. The van der Waals surface area contributed by atoms with E-state index in [9.17, 15) is 9.90 Å². The molecular formula is C35H40ClN3O3. The van der Waals surface area contributed by atoms with E-state index in [1.807, 2.05) is 37.3 Å². The second-order valence-electron chi connectivity index (χ2n) is 10.5. The third-order valence-corrected chi connectivity index (χ3v) is 7.84. The number of hydrogen-bond donors (Lipinski definition) is 2. The molecule has 0 fully saturated rings. The summed E-state index contributed by atoms with van der Waals surface area (Å²) in [7, 11) is 0. The van der Waals surface area contributed by atoms with Gasteiger partial charge in [-0.15, -0.1) is 0 Å². The highest BCUT2D eigenvalue weighted by Crippen LogP contribution is 2.34. The number of hydrogen-bond acceptors (Lipinski definition) is 5. The van der Waals surface area contributed by atoms with Crippen LogP contribution in [-0.4, -0.2) is 41.8 Å². The van der Waals surface area contributed by atoms with Crippen molar-refractivity contribution in [2.45, 2.75) is 41.2 Å². The Morgan fingerprint density at radius 3 is 2.50 bits per heavy atom. The summed E-state index contributed by atoms with van der Waals surface area (Å²) in [6.45, 7) is 9.79. The van der Waals surface area contributed by atoms with Crippen LogP contribution < -0.4 is 10.2 Å². The van der Waals surface area contributed by atoms with E-state index in [0.717, 1.165) is 54.1 Å². The van der Waals surface area contributed by atoms with Crippen molar-refractivity contribution in [2.75, 3.05) is 19.7 Å². The summed E-state index contributed by atoms with van der Waals surface area (Å²) in [5.41, 5.74) is 12.3. The number of nitrogens with zero attached hydrogens (tertiary/aromatic N) is 2. The van der Waals surface area contributed by atoms with Gasteiger partial charge in [0.25, 0.3) is 5.91 Å². The molecule has 1 amide bonds. The van der Waals surface area contributed by atoms with Crippen molar-refractivity contribution in [3.63, 3.8) is 0 Å². The summed E-state index contributed by atoms with van der Waals surface area (Å²) in [5, 5.41) is 13.8. The molecule has 4 aromatic carbocycles. The summed E-state index contributed by atoms with van der Waals surface area (Å²) in [6, 6.07) is 23.1. The Morgan fingerprint density at radius 1 is 1.02 bits per heavy atom. The van der Waals surface area contributed by atoms with Crippen LogP contribution in [0.5, 0.6) is 11.5 Å². The van der Waals surface area contributed by atoms with Crippen LogP contribution >= 0.6 is 11.6 Å². The number of hydrazone groups is 1. The lowest BCUT2D eigenvalue weighted by Crippen LogP contribution is -2.34. The van der Waals surface area contributed by atoms with Crippen LogP contribution in [0.2, 0.25) is 5.02 Å². The van der Waals surface area contributed by atoms with Crippen molar-refractivity contribution in [3.8, 4) is 22.6 Å². The number of carbonyl (C=O) groups is 1. The summed E-state index contributed by atoms with van der Waals surface area (Å²) in [4.78, 5) is 14.9. The highest BCUT2D eigenvalue weighted by atomic mass is 35.5. The van der Waals surface area contributed by atoms with Gasteiger partial charge in [0.2, 0.25) is 0 Å². The van der Waals surface area contributed by atoms with E-state index in [4.69, 9.17) is 16.3 Å². The fourth-order valence-electron chi connectivity index (χ4n) is 5.16. The predicted molar refractivity (Wildman–Crippen MR) is 174 cm³/mol. The van der Waals surface area contributed by atoms with Crippen LogP contribution in [-0.2, 0) is 13.0 Å². The third-order valence-electron chi connectivity index (χ3n) is 7.53. The summed E-state index contributed by atoms with van der Waals surface area (Å²) >= 11 is 5.92. The van der Waals surface area contributed by atoms with E-state index in [1.165, 1.54) is 40.5 Å². The van der Waals surface area contributed by atoms with E-state index >= 15 is 0 Å². The number of amides is 1. The summed E-state index contributed by atoms with van der Waals surface area (Å²) in [5.74, 6) is 0.345. The van der Waals surface area contributed by atoms with Gasteiger partial charge in [0.1, 0.15) is 18.1 Å². The molecule has 0 saturated heterocycles. The first kappa shape index (κ1) is 30.8. The fraction of sp³-hybridized carbons (Fsp3) is 0.257. The second-order valence-corrected chi connectivity index (χ2v) is 10.9. The van der Waals surface area contributed by atoms with Gasteiger partial charge in [0.15, 0.2) is 0 Å². The minimum absolute atomic E-state index is 0. The van der Waals surface area contributed by atoms with Gasteiger partial charge in [-0.1, -0.05) is 61.5 Å². The molecule has 0 bridgehead atoms. The van der Waals surface area contributed by atoms with E-state index in [1.54, 1.807) is 6.21 Å². The number of aromatic hydroxyl groups is 1. The average molecular weight is 586 g/mol. The van der Waals surface area contributed by atoms with E-state index in [0.29, 0.717) is 12.2 Å². The second kappa shape index (κ2) is 13.7. The standard InChI is InChI=1S/C34H34ClN3O3.CH4.H2/c1-22-16-27-11-12-38(21-29(27)17-23(22)2)13-14-41-33-24(3)15-25(18-30(33)26-7-5-4-6-8-26)20-36-37-34(40)28-9-10-32(39)31(35)19-28;;/h4-10,15-20,39H,11-14,21H2,1-3H3,(H,37,40);1H4;1H/b36-20+;;. The van der Waals surface area contributed by atoms with Crippen molar-refractivity contribution >= 4 is 23.7 Å². The number of halogens is 1. The Kier molecular flexibility index (Phi) is 10.0. The molecule has 42 heavy (non-hydrogen) atoms. The molecule has 1 heterocycles. The predicted octanol–water partition coefficient (Wildman–Crippen LogP) is 7.72. The molecular weight excluding hydrogens is 546 g/mol. The monoisotopic (exact) mass is 585 g/mol. The van der Waals surface area contributed by atoms with Gasteiger partial charge in [-0.3, -0.25) is 9.69 Å². The molecule has 2 N–H and O–H groups in total. The van der Waals surface area contributed by atoms with E-state index < -0.39 is 5.91 Å². The van der Waals surface area contributed by atoms with Crippen LogP contribution in [0, 0.1) is 20.8 Å².